The standard InChI is InChI=1S/C14H16ClN3/c1-3-16-8-11-9-17-14(18-10(11)2)12-6-4-5-7-13(12)15/h4-7,9,16H,3,8H2,1-2H3. The van der Waals surface area contributed by atoms with E-state index in [4.69, 9.17) is 11.6 Å². The van der Waals surface area contributed by atoms with Crippen LogP contribution in [0, 0.1) is 6.92 Å². The molecule has 1 heterocycles. The minimum Gasteiger partial charge on any atom is -0.313 e. The maximum Gasteiger partial charge on any atom is 0.160 e. The molecule has 0 bridgehead atoms. The van der Waals surface area contributed by atoms with Gasteiger partial charge in [-0.1, -0.05) is 30.7 Å². The molecule has 0 aliphatic carbocycles. The largest absolute Gasteiger partial charge is 0.313 e. The van der Waals surface area contributed by atoms with E-state index in [9.17, 15) is 0 Å². The van der Waals surface area contributed by atoms with Gasteiger partial charge in [-0.3, -0.25) is 0 Å². The molecule has 4 heteroatoms. The van der Waals surface area contributed by atoms with Gasteiger partial charge in [0, 0.05) is 29.6 Å². The number of benzene rings is 1. The van der Waals surface area contributed by atoms with Crippen molar-refractivity contribution in [1.29, 1.82) is 0 Å². The second kappa shape index (κ2) is 5.94. The van der Waals surface area contributed by atoms with Gasteiger partial charge in [-0.2, -0.15) is 0 Å². The van der Waals surface area contributed by atoms with E-state index in [0.29, 0.717) is 10.8 Å². The molecule has 2 rings (SSSR count). The molecule has 0 aliphatic heterocycles. The second-order valence-corrected chi connectivity index (χ2v) is 4.47. The Kier molecular flexibility index (Phi) is 4.28. The van der Waals surface area contributed by atoms with Crippen molar-refractivity contribution in [1.82, 2.24) is 15.3 Å². The van der Waals surface area contributed by atoms with E-state index < -0.39 is 0 Å². The predicted molar refractivity (Wildman–Crippen MR) is 74.6 cm³/mol. The molecule has 94 valence electrons. The van der Waals surface area contributed by atoms with E-state index in [1.807, 2.05) is 37.4 Å². The zero-order valence-corrected chi connectivity index (χ0v) is 11.3. The Morgan fingerprint density at radius 2 is 2.06 bits per heavy atom. The highest BCUT2D eigenvalue weighted by molar-refractivity contribution is 6.33. The lowest BCUT2D eigenvalue weighted by molar-refractivity contribution is 0.716. The molecule has 0 radical (unpaired) electrons. The number of nitrogens with zero attached hydrogens (tertiary/aromatic N) is 2. The summed E-state index contributed by atoms with van der Waals surface area (Å²) in [6.45, 7) is 5.81. The molecule has 0 spiro atoms. The first-order valence-corrected chi connectivity index (χ1v) is 6.38. The third-order valence-corrected chi connectivity index (χ3v) is 3.09. The van der Waals surface area contributed by atoms with Crippen LogP contribution in [0.3, 0.4) is 0 Å². The molecular weight excluding hydrogens is 246 g/mol. The molecule has 0 saturated carbocycles. The number of aromatic nitrogens is 2. The highest BCUT2D eigenvalue weighted by Crippen LogP contribution is 2.24. The van der Waals surface area contributed by atoms with Crippen molar-refractivity contribution >= 4 is 11.6 Å². The predicted octanol–water partition coefficient (Wildman–Crippen LogP) is 3.21. The average molecular weight is 262 g/mol. The second-order valence-electron chi connectivity index (χ2n) is 4.06. The molecule has 0 atom stereocenters. The quantitative estimate of drug-likeness (QED) is 0.918. The van der Waals surface area contributed by atoms with E-state index in [0.717, 1.165) is 29.9 Å². The Labute approximate surface area is 112 Å². The SMILES string of the molecule is CCNCc1cnc(-c2ccccc2Cl)nc1C. The fourth-order valence-electron chi connectivity index (χ4n) is 1.70. The summed E-state index contributed by atoms with van der Waals surface area (Å²) in [5.41, 5.74) is 2.98. The Morgan fingerprint density at radius 3 is 2.72 bits per heavy atom. The van der Waals surface area contributed by atoms with Gasteiger partial charge >= 0.3 is 0 Å². The van der Waals surface area contributed by atoms with Crippen molar-refractivity contribution in [2.24, 2.45) is 0 Å². The molecule has 1 aromatic carbocycles. The van der Waals surface area contributed by atoms with Crippen LogP contribution >= 0.6 is 11.6 Å². The smallest absolute Gasteiger partial charge is 0.160 e. The summed E-state index contributed by atoms with van der Waals surface area (Å²) in [5.74, 6) is 0.679. The van der Waals surface area contributed by atoms with Gasteiger partial charge in [-0.25, -0.2) is 9.97 Å². The summed E-state index contributed by atoms with van der Waals surface area (Å²) in [6, 6.07) is 7.62. The molecule has 18 heavy (non-hydrogen) atoms. The van der Waals surface area contributed by atoms with Gasteiger partial charge in [0.1, 0.15) is 0 Å². The van der Waals surface area contributed by atoms with Crippen molar-refractivity contribution in [2.45, 2.75) is 20.4 Å². The van der Waals surface area contributed by atoms with Crippen molar-refractivity contribution in [2.75, 3.05) is 6.54 Å². The summed E-state index contributed by atoms with van der Waals surface area (Å²) in [5, 5.41) is 3.95. The van der Waals surface area contributed by atoms with Crippen molar-refractivity contribution in [3.05, 3.63) is 46.7 Å². The van der Waals surface area contributed by atoms with Gasteiger partial charge in [-0.05, 0) is 25.6 Å². The zero-order valence-electron chi connectivity index (χ0n) is 10.6. The third kappa shape index (κ3) is 2.86. The summed E-state index contributed by atoms with van der Waals surface area (Å²) < 4.78 is 0. The first-order chi connectivity index (χ1) is 8.72. The van der Waals surface area contributed by atoms with Gasteiger partial charge in [0.05, 0.1) is 5.02 Å². The average Bonchev–Trinajstić information content (AvgIpc) is 2.38. The van der Waals surface area contributed by atoms with Crippen LogP contribution in [-0.4, -0.2) is 16.5 Å². The van der Waals surface area contributed by atoms with E-state index in [1.54, 1.807) is 0 Å². The van der Waals surface area contributed by atoms with Crippen molar-refractivity contribution < 1.29 is 0 Å². The van der Waals surface area contributed by atoms with E-state index in [-0.39, 0.29) is 0 Å². The van der Waals surface area contributed by atoms with Crippen LogP contribution in [0.1, 0.15) is 18.2 Å². The summed E-state index contributed by atoms with van der Waals surface area (Å²) in [6.07, 6.45) is 1.86. The van der Waals surface area contributed by atoms with E-state index >= 15 is 0 Å². The Hall–Kier alpha value is -1.45. The summed E-state index contributed by atoms with van der Waals surface area (Å²) in [7, 11) is 0. The van der Waals surface area contributed by atoms with Crippen LogP contribution in [0.5, 0.6) is 0 Å². The lowest BCUT2D eigenvalue weighted by atomic mass is 10.2. The highest BCUT2D eigenvalue weighted by atomic mass is 35.5. The first-order valence-electron chi connectivity index (χ1n) is 6.00. The molecule has 0 aliphatic rings. The van der Waals surface area contributed by atoms with Gasteiger partial charge in [0.15, 0.2) is 5.82 Å². The normalized spacial score (nSPS) is 10.6. The maximum atomic E-state index is 6.14. The molecule has 0 fully saturated rings. The highest BCUT2D eigenvalue weighted by Gasteiger charge is 2.08. The van der Waals surface area contributed by atoms with Gasteiger partial charge < -0.3 is 5.32 Å². The number of halogens is 1. The minimum atomic E-state index is 0.677. The molecule has 3 nitrogen and oxygen atoms in total. The molecule has 0 saturated heterocycles. The Morgan fingerprint density at radius 1 is 1.28 bits per heavy atom. The molecular formula is C14H16ClN3. The van der Waals surface area contributed by atoms with Crippen molar-refractivity contribution in [3.63, 3.8) is 0 Å². The minimum absolute atomic E-state index is 0.677. The van der Waals surface area contributed by atoms with Crippen LogP contribution in [0.2, 0.25) is 5.02 Å². The third-order valence-electron chi connectivity index (χ3n) is 2.76. The van der Waals surface area contributed by atoms with Crippen LogP contribution in [0.15, 0.2) is 30.5 Å². The van der Waals surface area contributed by atoms with E-state index in [2.05, 4.69) is 22.2 Å². The lowest BCUT2D eigenvalue weighted by Crippen LogP contribution is -2.13. The summed E-state index contributed by atoms with van der Waals surface area (Å²) >= 11 is 6.14. The van der Waals surface area contributed by atoms with E-state index in [1.165, 1.54) is 0 Å². The zero-order chi connectivity index (χ0) is 13.0. The summed E-state index contributed by atoms with van der Waals surface area (Å²) in [4.78, 5) is 8.91. The fraction of sp³-hybridized carbons (Fsp3) is 0.286. The van der Waals surface area contributed by atoms with Crippen LogP contribution < -0.4 is 5.32 Å². The number of hydrogen-bond acceptors (Lipinski definition) is 3. The Balaban J connectivity index is 2.32. The molecule has 0 amide bonds. The number of hydrogen-bond donors (Lipinski definition) is 1. The lowest BCUT2D eigenvalue weighted by Gasteiger charge is -2.08. The van der Waals surface area contributed by atoms with Crippen LogP contribution in [0.25, 0.3) is 11.4 Å². The number of rotatable bonds is 4. The van der Waals surface area contributed by atoms with Gasteiger partial charge in [0.2, 0.25) is 0 Å². The maximum absolute atomic E-state index is 6.14. The number of aryl methyl sites for hydroxylation is 1. The van der Waals surface area contributed by atoms with Crippen molar-refractivity contribution in [3.8, 4) is 11.4 Å². The molecule has 2 aromatic rings. The van der Waals surface area contributed by atoms with Crippen LogP contribution in [-0.2, 0) is 6.54 Å². The van der Waals surface area contributed by atoms with Gasteiger partial charge in [-0.15, -0.1) is 0 Å². The van der Waals surface area contributed by atoms with Gasteiger partial charge in [0.25, 0.3) is 0 Å². The fourth-order valence-corrected chi connectivity index (χ4v) is 1.92. The van der Waals surface area contributed by atoms with Crippen LogP contribution in [0.4, 0.5) is 0 Å². The molecule has 1 N–H and O–H groups in total. The molecule has 1 aromatic heterocycles. The molecule has 0 unspecified atom stereocenters. The topological polar surface area (TPSA) is 37.8 Å². The number of nitrogens with one attached hydrogen (secondary N) is 1. The monoisotopic (exact) mass is 261 g/mol. The Bertz CT molecular complexity index is 540. The first kappa shape index (κ1) is 13.0.